The van der Waals surface area contributed by atoms with E-state index < -0.39 is 0 Å². The Morgan fingerprint density at radius 3 is 2.79 bits per heavy atom. The molecule has 0 N–H and O–H groups in total. The average Bonchev–Trinajstić information content (AvgIpc) is 2.81. The predicted octanol–water partition coefficient (Wildman–Crippen LogP) is 4.46. The molecule has 2 aromatic carbocycles. The van der Waals surface area contributed by atoms with E-state index in [0.29, 0.717) is 0 Å². The van der Waals surface area contributed by atoms with Crippen LogP contribution in [0, 0.1) is 0 Å². The fraction of sp³-hybridized carbons (Fsp3) is 0.125. The minimum atomic E-state index is 0.870. The molecule has 3 heteroatoms. The maximum absolute atomic E-state index is 5.25. The summed E-state index contributed by atoms with van der Waals surface area (Å²) < 4.78 is 8.61. The van der Waals surface area contributed by atoms with Crippen molar-refractivity contribution in [3.05, 3.63) is 64.8 Å². The number of benzene rings is 2. The summed E-state index contributed by atoms with van der Waals surface area (Å²) >= 11 is 3.51. The highest BCUT2D eigenvalue weighted by molar-refractivity contribution is 9.10. The standard InChI is InChI=1S/C16H14BrNO/c1-19-15-5-6-16-13(10-15)7-8-18(16)11-12-3-2-4-14(17)9-12/h2-10H,11H2,1H3. The van der Waals surface area contributed by atoms with Gasteiger partial charge in [-0.2, -0.15) is 0 Å². The van der Waals surface area contributed by atoms with Crippen LogP contribution in [0.3, 0.4) is 0 Å². The molecular weight excluding hydrogens is 302 g/mol. The number of halogens is 1. The predicted molar refractivity (Wildman–Crippen MR) is 81.7 cm³/mol. The van der Waals surface area contributed by atoms with E-state index in [9.17, 15) is 0 Å². The molecule has 0 aliphatic rings. The number of ether oxygens (including phenoxy) is 1. The van der Waals surface area contributed by atoms with Crippen LogP contribution in [0.5, 0.6) is 5.75 Å². The van der Waals surface area contributed by atoms with E-state index >= 15 is 0 Å². The van der Waals surface area contributed by atoms with E-state index in [1.54, 1.807) is 7.11 Å². The number of aromatic nitrogens is 1. The van der Waals surface area contributed by atoms with Crippen LogP contribution >= 0.6 is 15.9 Å². The third-order valence-electron chi connectivity index (χ3n) is 3.22. The zero-order valence-electron chi connectivity index (χ0n) is 10.6. The molecule has 0 fully saturated rings. The summed E-state index contributed by atoms with van der Waals surface area (Å²) in [7, 11) is 1.69. The summed E-state index contributed by atoms with van der Waals surface area (Å²) in [4.78, 5) is 0. The molecule has 2 nitrogen and oxygen atoms in total. The molecule has 0 bridgehead atoms. The lowest BCUT2D eigenvalue weighted by atomic mass is 10.2. The van der Waals surface area contributed by atoms with Crippen LogP contribution in [0.25, 0.3) is 10.9 Å². The van der Waals surface area contributed by atoms with Crippen LogP contribution in [0.1, 0.15) is 5.56 Å². The van der Waals surface area contributed by atoms with Crippen LogP contribution in [0.15, 0.2) is 59.2 Å². The SMILES string of the molecule is COc1ccc2c(ccn2Cc2cccc(Br)c2)c1. The van der Waals surface area contributed by atoms with Gasteiger partial charge < -0.3 is 9.30 Å². The lowest BCUT2D eigenvalue weighted by Crippen LogP contribution is -1.97. The molecule has 0 saturated heterocycles. The van der Waals surface area contributed by atoms with Crippen molar-refractivity contribution in [2.45, 2.75) is 6.54 Å². The minimum Gasteiger partial charge on any atom is -0.497 e. The molecule has 3 rings (SSSR count). The first-order valence-corrected chi connectivity index (χ1v) is 6.93. The van der Waals surface area contributed by atoms with Gasteiger partial charge in [0.05, 0.1) is 7.11 Å². The van der Waals surface area contributed by atoms with E-state index in [4.69, 9.17) is 4.74 Å². The van der Waals surface area contributed by atoms with Gasteiger partial charge >= 0.3 is 0 Å². The molecular formula is C16H14BrNO. The van der Waals surface area contributed by atoms with Crippen LogP contribution < -0.4 is 4.74 Å². The van der Waals surface area contributed by atoms with Gasteiger partial charge in [-0.15, -0.1) is 0 Å². The van der Waals surface area contributed by atoms with E-state index in [-0.39, 0.29) is 0 Å². The molecule has 19 heavy (non-hydrogen) atoms. The van der Waals surface area contributed by atoms with Crippen LogP contribution in [0.2, 0.25) is 0 Å². The number of hydrogen-bond acceptors (Lipinski definition) is 1. The highest BCUT2D eigenvalue weighted by Gasteiger charge is 2.03. The topological polar surface area (TPSA) is 14.2 Å². The van der Waals surface area contributed by atoms with Crippen LogP contribution in [-0.2, 0) is 6.54 Å². The number of methoxy groups -OCH3 is 1. The summed E-state index contributed by atoms with van der Waals surface area (Å²) in [6.07, 6.45) is 2.12. The van der Waals surface area contributed by atoms with Gasteiger partial charge in [0.2, 0.25) is 0 Å². The number of nitrogens with zero attached hydrogens (tertiary/aromatic N) is 1. The first-order chi connectivity index (χ1) is 9.26. The lowest BCUT2D eigenvalue weighted by Gasteiger charge is -2.07. The summed E-state index contributed by atoms with van der Waals surface area (Å²) in [5, 5.41) is 1.20. The molecule has 1 aromatic heterocycles. The molecule has 3 aromatic rings. The Morgan fingerprint density at radius 2 is 2.00 bits per heavy atom. The van der Waals surface area contributed by atoms with Gasteiger partial charge in [-0.25, -0.2) is 0 Å². The van der Waals surface area contributed by atoms with E-state index in [0.717, 1.165) is 16.8 Å². The van der Waals surface area contributed by atoms with E-state index in [2.05, 4.69) is 63.1 Å². The number of fused-ring (bicyclic) bond motifs is 1. The lowest BCUT2D eigenvalue weighted by molar-refractivity contribution is 0.415. The first kappa shape index (κ1) is 12.3. The normalized spacial score (nSPS) is 10.8. The molecule has 0 saturated carbocycles. The van der Waals surface area contributed by atoms with Gasteiger partial charge in [0.15, 0.2) is 0 Å². The van der Waals surface area contributed by atoms with Gasteiger partial charge in [0.1, 0.15) is 5.75 Å². The molecule has 0 aliphatic heterocycles. The van der Waals surface area contributed by atoms with E-state index in [1.807, 2.05) is 12.1 Å². The van der Waals surface area contributed by atoms with Crippen LogP contribution in [0.4, 0.5) is 0 Å². The number of rotatable bonds is 3. The Balaban J connectivity index is 1.97. The summed E-state index contributed by atoms with van der Waals surface area (Å²) in [5.41, 5.74) is 2.50. The highest BCUT2D eigenvalue weighted by atomic mass is 79.9. The Labute approximate surface area is 120 Å². The maximum Gasteiger partial charge on any atom is 0.119 e. The van der Waals surface area contributed by atoms with Gasteiger partial charge in [0, 0.05) is 28.1 Å². The Bertz CT molecular complexity index is 718. The van der Waals surface area contributed by atoms with Gasteiger partial charge in [-0.1, -0.05) is 28.1 Å². The second-order valence-electron chi connectivity index (χ2n) is 4.50. The first-order valence-electron chi connectivity index (χ1n) is 6.13. The molecule has 0 spiro atoms. The molecule has 0 aliphatic carbocycles. The van der Waals surface area contributed by atoms with Crippen molar-refractivity contribution >= 4 is 26.8 Å². The summed E-state index contributed by atoms with van der Waals surface area (Å²) in [6.45, 7) is 0.870. The maximum atomic E-state index is 5.25. The molecule has 1 heterocycles. The molecule has 0 radical (unpaired) electrons. The quantitative estimate of drug-likeness (QED) is 0.696. The molecule has 0 amide bonds. The Morgan fingerprint density at radius 1 is 1.11 bits per heavy atom. The van der Waals surface area contributed by atoms with Gasteiger partial charge in [-0.3, -0.25) is 0 Å². The monoisotopic (exact) mass is 315 g/mol. The van der Waals surface area contributed by atoms with Gasteiger partial charge in [-0.05, 0) is 42.0 Å². The second-order valence-corrected chi connectivity index (χ2v) is 5.41. The van der Waals surface area contributed by atoms with Crippen molar-refractivity contribution in [1.29, 1.82) is 0 Å². The number of hydrogen-bond donors (Lipinski definition) is 0. The van der Waals surface area contributed by atoms with Crippen molar-refractivity contribution in [3.8, 4) is 5.75 Å². The highest BCUT2D eigenvalue weighted by Crippen LogP contribution is 2.23. The van der Waals surface area contributed by atoms with Crippen molar-refractivity contribution < 1.29 is 4.74 Å². The van der Waals surface area contributed by atoms with Crippen molar-refractivity contribution in [2.24, 2.45) is 0 Å². The zero-order valence-corrected chi connectivity index (χ0v) is 12.2. The summed E-state index contributed by atoms with van der Waals surface area (Å²) in [6, 6.07) is 16.7. The fourth-order valence-corrected chi connectivity index (χ4v) is 2.72. The zero-order chi connectivity index (χ0) is 13.2. The Kier molecular flexibility index (Phi) is 3.30. The van der Waals surface area contributed by atoms with Crippen molar-refractivity contribution in [2.75, 3.05) is 7.11 Å². The average molecular weight is 316 g/mol. The Hall–Kier alpha value is -1.74. The van der Waals surface area contributed by atoms with Crippen LogP contribution in [-0.4, -0.2) is 11.7 Å². The smallest absolute Gasteiger partial charge is 0.119 e. The summed E-state index contributed by atoms with van der Waals surface area (Å²) in [5.74, 6) is 0.896. The fourth-order valence-electron chi connectivity index (χ4n) is 2.28. The second kappa shape index (κ2) is 5.10. The largest absolute Gasteiger partial charge is 0.497 e. The van der Waals surface area contributed by atoms with Crippen molar-refractivity contribution in [3.63, 3.8) is 0 Å². The van der Waals surface area contributed by atoms with Gasteiger partial charge in [0.25, 0.3) is 0 Å². The minimum absolute atomic E-state index is 0.870. The van der Waals surface area contributed by atoms with E-state index in [1.165, 1.54) is 16.5 Å². The van der Waals surface area contributed by atoms with Crippen molar-refractivity contribution in [1.82, 2.24) is 4.57 Å². The molecule has 96 valence electrons. The molecule has 0 unspecified atom stereocenters. The third-order valence-corrected chi connectivity index (χ3v) is 3.71. The third kappa shape index (κ3) is 2.51. The molecule has 0 atom stereocenters.